The fourth-order valence-corrected chi connectivity index (χ4v) is 2.75. The number of hydrogen-bond acceptors (Lipinski definition) is 4. The molecule has 0 saturated carbocycles. The maximum absolute atomic E-state index is 11.2. The summed E-state index contributed by atoms with van der Waals surface area (Å²) in [6.07, 6.45) is 2.13. The molecule has 0 aliphatic carbocycles. The summed E-state index contributed by atoms with van der Waals surface area (Å²) in [6, 6.07) is 0. The number of amides is 1. The second-order valence-electron chi connectivity index (χ2n) is 5.72. The summed E-state index contributed by atoms with van der Waals surface area (Å²) in [5, 5.41) is 12.9. The Bertz CT molecular complexity index is 277. The highest BCUT2D eigenvalue weighted by Gasteiger charge is 2.22. The summed E-state index contributed by atoms with van der Waals surface area (Å²) in [4.78, 5) is 15.6. The van der Waals surface area contributed by atoms with Crippen LogP contribution in [0.25, 0.3) is 0 Å². The molecule has 2 rings (SSSR count). The van der Waals surface area contributed by atoms with E-state index in [0.717, 1.165) is 32.1 Å². The van der Waals surface area contributed by atoms with Crippen LogP contribution in [-0.4, -0.2) is 72.7 Å². The molecule has 1 atom stereocenters. The SMILES string of the molecule is CC1CCN(CC(O)CN2CCNC(=O)C2)CC1. The van der Waals surface area contributed by atoms with Crippen LogP contribution >= 0.6 is 0 Å². The predicted molar refractivity (Wildman–Crippen MR) is 70.3 cm³/mol. The van der Waals surface area contributed by atoms with Crippen molar-refractivity contribution in [1.82, 2.24) is 15.1 Å². The molecule has 0 aromatic heterocycles. The normalized spacial score (nSPS) is 26.0. The van der Waals surface area contributed by atoms with Gasteiger partial charge in [-0.1, -0.05) is 6.92 Å². The van der Waals surface area contributed by atoms with Gasteiger partial charge in [0.25, 0.3) is 0 Å². The van der Waals surface area contributed by atoms with E-state index in [1.807, 2.05) is 4.90 Å². The van der Waals surface area contributed by atoms with Gasteiger partial charge in [0.1, 0.15) is 0 Å². The van der Waals surface area contributed by atoms with Gasteiger partial charge in [-0.05, 0) is 31.8 Å². The summed E-state index contributed by atoms with van der Waals surface area (Å²) in [5.74, 6) is 0.893. The number of β-amino-alcohol motifs (C(OH)–C–C–N with tert-alkyl or cyclic N) is 1. The van der Waals surface area contributed by atoms with Gasteiger partial charge in [-0.3, -0.25) is 9.69 Å². The van der Waals surface area contributed by atoms with Crippen LogP contribution in [0, 0.1) is 5.92 Å². The molecule has 18 heavy (non-hydrogen) atoms. The summed E-state index contributed by atoms with van der Waals surface area (Å²) >= 11 is 0. The molecule has 5 nitrogen and oxygen atoms in total. The average molecular weight is 255 g/mol. The minimum absolute atomic E-state index is 0.0697. The lowest BCUT2D eigenvalue weighted by Crippen LogP contribution is -2.51. The van der Waals surface area contributed by atoms with Gasteiger partial charge < -0.3 is 15.3 Å². The largest absolute Gasteiger partial charge is 0.390 e. The summed E-state index contributed by atoms with van der Waals surface area (Å²) in [6.45, 7) is 7.81. The quantitative estimate of drug-likeness (QED) is 0.712. The van der Waals surface area contributed by atoms with Crippen molar-refractivity contribution in [2.75, 3.05) is 45.8 Å². The highest BCUT2D eigenvalue weighted by molar-refractivity contribution is 5.78. The Hall–Kier alpha value is -0.650. The minimum Gasteiger partial charge on any atom is -0.390 e. The Morgan fingerprint density at radius 3 is 2.61 bits per heavy atom. The molecular weight excluding hydrogens is 230 g/mol. The molecular formula is C13H25N3O2. The van der Waals surface area contributed by atoms with Crippen molar-refractivity contribution in [3.8, 4) is 0 Å². The number of aliphatic hydroxyl groups is 1. The standard InChI is InChI=1S/C13H25N3O2/c1-11-2-5-15(6-3-11)8-12(17)9-16-7-4-14-13(18)10-16/h11-12,17H,2-10H2,1H3,(H,14,18). The number of nitrogens with one attached hydrogen (secondary N) is 1. The number of rotatable bonds is 4. The van der Waals surface area contributed by atoms with E-state index in [2.05, 4.69) is 17.1 Å². The minimum atomic E-state index is -0.343. The fraction of sp³-hybridized carbons (Fsp3) is 0.923. The van der Waals surface area contributed by atoms with Crippen molar-refractivity contribution in [3.05, 3.63) is 0 Å². The third-order valence-corrected chi connectivity index (χ3v) is 3.93. The van der Waals surface area contributed by atoms with Crippen molar-refractivity contribution in [2.45, 2.75) is 25.9 Å². The Kier molecular flexibility index (Phi) is 4.97. The fourth-order valence-electron chi connectivity index (χ4n) is 2.75. The summed E-state index contributed by atoms with van der Waals surface area (Å²) < 4.78 is 0. The number of nitrogens with zero attached hydrogens (tertiary/aromatic N) is 2. The topological polar surface area (TPSA) is 55.8 Å². The maximum Gasteiger partial charge on any atom is 0.234 e. The van der Waals surface area contributed by atoms with Gasteiger partial charge in [0.05, 0.1) is 12.6 Å². The zero-order chi connectivity index (χ0) is 13.0. The molecule has 0 bridgehead atoms. The van der Waals surface area contributed by atoms with Gasteiger partial charge in [-0.2, -0.15) is 0 Å². The van der Waals surface area contributed by atoms with Crippen LogP contribution in [0.15, 0.2) is 0 Å². The first-order valence-electron chi connectivity index (χ1n) is 7.03. The van der Waals surface area contributed by atoms with Crippen molar-refractivity contribution >= 4 is 5.91 Å². The van der Waals surface area contributed by atoms with E-state index in [4.69, 9.17) is 0 Å². The second kappa shape index (κ2) is 6.50. The molecule has 2 heterocycles. The molecule has 2 saturated heterocycles. The van der Waals surface area contributed by atoms with Crippen LogP contribution in [-0.2, 0) is 4.79 Å². The molecule has 5 heteroatoms. The molecule has 0 aromatic carbocycles. The predicted octanol–water partition coefficient (Wildman–Crippen LogP) is -0.489. The van der Waals surface area contributed by atoms with Gasteiger partial charge in [-0.15, -0.1) is 0 Å². The Morgan fingerprint density at radius 1 is 1.28 bits per heavy atom. The second-order valence-corrected chi connectivity index (χ2v) is 5.72. The first-order chi connectivity index (χ1) is 8.63. The average Bonchev–Trinajstić information content (AvgIpc) is 2.32. The monoisotopic (exact) mass is 255 g/mol. The first kappa shape index (κ1) is 13.8. The first-order valence-corrected chi connectivity index (χ1v) is 7.03. The van der Waals surface area contributed by atoms with E-state index in [1.165, 1.54) is 12.8 Å². The summed E-state index contributed by atoms with van der Waals surface area (Å²) in [7, 11) is 0. The smallest absolute Gasteiger partial charge is 0.234 e. The van der Waals surface area contributed by atoms with Crippen molar-refractivity contribution < 1.29 is 9.90 Å². The van der Waals surface area contributed by atoms with Crippen LogP contribution < -0.4 is 5.32 Å². The molecule has 0 aromatic rings. The van der Waals surface area contributed by atoms with Gasteiger partial charge in [0.2, 0.25) is 5.91 Å². The number of carbonyl (C=O) groups excluding carboxylic acids is 1. The molecule has 1 unspecified atom stereocenters. The molecule has 2 N–H and O–H groups in total. The Balaban J connectivity index is 1.68. The van der Waals surface area contributed by atoms with Crippen molar-refractivity contribution in [1.29, 1.82) is 0 Å². The van der Waals surface area contributed by atoms with Crippen molar-refractivity contribution in [3.63, 3.8) is 0 Å². The Morgan fingerprint density at radius 2 is 1.94 bits per heavy atom. The zero-order valence-corrected chi connectivity index (χ0v) is 11.3. The number of likely N-dealkylation sites (tertiary alicyclic amines) is 1. The zero-order valence-electron chi connectivity index (χ0n) is 11.3. The number of piperidine rings is 1. The maximum atomic E-state index is 11.2. The Labute approximate surface area is 109 Å². The van der Waals surface area contributed by atoms with Crippen LogP contribution in [0.5, 0.6) is 0 Å². The van der Waals surface area contributed by atoms with Crippen LogP contribution in [0.2, 0.25) is 0 Å². The molecule has 2 aliphatic rings. The molecule has 2 aliphatic heterocycles. The molecule has 0 radical (unpaired) electrons. The van der Waals surface area contributed by atoms with Gasteiger partial charge in [0.15, 0.2) is 0 Å². The third kappa shape index (κ3) is 4.23. The van der Waals surface area contributed by atoms with Crippen LogP contribution in [0.1, 0.15) is 19.8 Å². The third-order valence-electron chi connectivity index (χ3n) is 3.93. The highest BCUT2D eigenvalue weighted by Crippen LogP contribution is 2.16. The van der Waals surface area contributed by atoms with Gasteiger partial charge in [0, 0.05) is 26.2 Å². The van der Waals surface area contributed by atoms with Crippen molar-refractivity contribution in [2.24, 2.45) is 5.92 Å². The lowest BCUT2D eigenvalue weighted by atomic mass is 9.99. The number of aliphatic hydroxyl groups excluding tert-OH is 1. The molecule has 1 amide bonds. The highest BCUT2D eigenvalue weighted by atomic mass is 16.3. The van der Waals surface area contributed by atoms with E-state index in [-0.39, 0.29) is 12.0 Å². The lowest BCUT2D eigenvalue weighted by molar-refractivity contribution is -0.124. The van der Waals surface area contributed by atoms with E-state index >= 15 is 0 Å². The lowest BCUT2D eigenvalue weighted by Gasteiger charge is -2.34. The number of piperazine rings is 1. The van der Waals surface area contributed by atoms with E-state index in [0.29, 0.717) is 19.6 Å². The molecule has 104 valence electrons. The van der Waals surface area contributed by atoms with E-state index in [1.54, 1.807) is 0 Å². The number of carbonyl (C=O) groups is 1. The van der Waals surface area contributed by atoms with E-state index < -0.39 is 0 Å². The van der Waals surface area contributed by atoms with Gasteiger partial charge in [-0.25, -0.2) is 0 Å². The molecule has 0 spiro atoms. The van der Waals surface area contributed by atoms with E-state index in [9.17, 15) is 9.90 Å². The molecule has 2 fully saturated rings. The number of hydrogen-bond donors (Lipinski definition) is 2. The van der Waals surface area contributed by atoms with Crippen LogP contribution in [0.4, 0.5) is 0 Å². The summed E-state index contributed by atoms with van der Waals surface area (Å²) in [5.41, 5.74) is 0. The van der Waals surface area contributed by atoms with Gasteiger partial charge >= 0.3 is 0 Å². The van der Waals surface area contributed by atoms with Crippen LogP contribution in [0.3, 0.4) is 0 Å².